The number of carboxylic acids is 1. The molecule has 0 saturated heterocycles. The van der Waals surface area contributed by atoms with Crippen LogP contribution >= 0.6 is 81.2 Å². The molecule has 0 radical (unpaired) electrons. The van der Waals surface area contributed by atoms with Crippen LogP contribution in [0.25, 0.3) is 0 Å². The van der Waals surface area contributed by atoms with E-state index in [0.717, 1.165) is 0 Å². The van der Waals surface area contributed by atoms with Crippen molar-refractivity contribution in [1.29, 1.82) is 0 Å². The normalized spacial score (nSPS) is 14.4. The van der Waals surface area contributed by atoms with Crippen molar-refractivity contribution in [3.63, 3.8) is 0 Å². The molecule has 0 bridgehead atoms. The maximum absolute atomic E-state index is 11.3. The number of carbonyl (C=O) groups excluding carboxylic acids is 1. The predicted octanol–water partition coefficient (Wildman–Crippen LogP) is 3.87. The summed E-state index contributed by atoms with van der Waals surface area (Å²) in [5, 5.41) is 6.87. The molecule has 0 unspecified atom stereocenters. The van der Waals surface area contributed by atoms with Crippen LogP contribution in [0.15, 0.2) is 10.1 Å². The molecule has 1 N–H and O–H groups in total. The number of carboxylic acid groups (broad SMARTS) is 1. The molecule has 0 aliphatic rings. The molecule has 0 aromatic heterocycles. The van der Waals surface area contributed by atoms with E-state index in [-0.39, 0.29) is 0 Å². The van der Waals surface area contributed by atoms with Gasteiger partial charge in [-0.25, -0.2) is 4.79 Å². The first kappa shape index (κ1) is 16.9. The molecule has 0 aromatic rings. The van der Waals surface area contributed by atoms with Gasteiger partial charge in [0.1, 0.15) is 5.03 Å². The fraction of sp³-hybridized carbons (Fsp3) is 0.333. The Morgan fingerprint density at radius 1 is 0.938 bits per heavy atom. The Balaban J connectivity index is 5.45. The molecular formula is C6HCl7O3. The molecule has 0 spiro atoms. The number of allylic oxidation sites excluding steroid dienone is 1. The summed E-state index contributed by atoms with van der Waals surface area (Å²) in [7, 11) is 0. The van der Waals surface area contributed by atoms with Crippen molar-refractivity contribution in [2.24, 2.45) is 0 Å². The summed E-state index contributed by atoms with van der Waals surface area (Å²) in [4.78, 5) is 21.9. The number of carbonyl (C=O) groups is 2. The van der Waals surface area contributed by atoms with Gasteiger partial charge in [-0.05, 0) is 0 Å². The lowest BCUT2D eigenvalue weighted by molar-refractivity contribution is -0.136. The second-order valence-corrected chi connectivity index (χ2v) is 6.70. The third-order valence-electron chi connectivity index (χ3n) is 1.19. The van der Waals surface area contributed by atoms with Crippen LogP contribution in [0, 0.1) is 0 Å². The number of halogens is 7. The van der Waals surface area contributed by atoms with Crippen LogP contribution in [0.3, 0.4) is 0 Å². The minimum Gasteiger partial charge on any atom is -0.479 e. The van der Waals surface area contributed by atoms with Crippen LogP contribution in [0.1, 0.15) is 0 Å². The van der Waals surface area contributed by atoms with Gasteiger partial charge in [0, 0.05) is 0 Å². The van der Waals surface area contributed by atoms with E-state index in [1.165, 1.54) is 0 Å². The third-order valence-corrected chi connectivity index (χ3v) is 3.53. The number of hydrogen-bond acceptors (Lipinski definition) is 2. The van der Waals surface area contributed by atoms with Crippen LogP contribution < -0.4 is 0 Å². The zero-order valence-corrected chi connectivity index (χ0v) is 12.2. The maximum atomic E-state index is 11.3. The van der Waals surface area contributed by atoms with Crippen molar-refractivity contribution in [3.05, 3.63) is 10.1 Å². The van der Waals surface area contributed by atoms with Crippen LogP contribution in [0.5, 0.6) is 0 Å². The van der Waals surface area contributed by atoms with E-state index in [1.54, 1.807) is 0 Å². The van der Waals surface area contributed by atoms with E-state index in [0.29, 0.717) is 0 Å². The van der Waals surface area contributed by atoms with Crippen LogP contribution in [-0.2, 0) is 9.59 Å². The number of rotatable bonds is 3. The van der Waals surface area contributed by atoms with Crippen molar-refractivity contribution in [3.8, 4) is 0 Å². The van der Waals surface area contributed by atoms with Gasteiger partial charge < -0.3 is 5.11 Å². The SMILES string of the molecule is O=C(C(Cl)=C(Cl)C(Cl)(Cl)C(=O)O)C(Cl)(Cl)Cl. The molecular weight excluding hydrogens is 368 g/mol. The minimum absolute atomic E-state index is 0.860. The largest absolute Gasteiger partial charge is 0.479 e. The van der Waals surface area contributed by atoms with Crippen molar-refractivity contribution < 1.29 is 14.7 Å². The van der Waals surface area contributed by atoms with E-state index in [2.05, 4.69) is 0 Å². The van der Waals surface area contributed by atoms with Gasteiger partial charge in [0.2, 0.25) is 5.78 Å². The van der Waals surface area contributed by atoms with Crippen LogP contribution in [-0.4, -0.2) is 25.0 Å². The van der Waals surface area contributed by atoms with Gasteiger partial charge in [-0.15, -0.1) is 0 Å². The summed E-state index contributed by atoms with van der Waals surface area (Å²) < 4.78 is -4.98. The monoisotopic (exact) mass is 366 g/mol. The van der Waals surface area contributed by atoms with E-state index >= 15 is 0 Å². The fourth-order valence-corrected chi connectivity index (χ4v) is 1.62. The summed E-state index contributed by atoms with van der Waals surface area (Å²) >= 11 is 37.1. The van der Waals surface area contributed by atoms with E-state index in [9.17, 15) is 9.59 Å². The molecule has 0 saturated carbocycles. The van der Waals surface area contributed by atoms with E-state index < -0.39 is 29.9 Å². The van der Waals surface area contributed by atoms with E-state index in [1.807, 2.05) is 0 Å². The smallest absolute Gasteiger partial charge is 0.345 e. The standard InChI is InChI=1S/C6HCl7O3/c7-1(3(14)6(11,12)13)2(8)5(9,10)4(15)16/h(H,15,16). The van der Waals surface area contributed by atoms with Crippen molar-refractivity contribution >= 4 is 93.0 Å². The average Bonchev–Trinajstić information content (AvgIpc) is 2.12. The first-order chi connectivity index (χ1) is 6.92. The highest BCUT2D eigenvalue weighted by Crippen LogP contribution is 2.40. The van der Waals surface area contributed by atoms with Gasteiger partial charge in [-0.3, -0.25) is 4.79 Å². The number of alkyl halides is 5. The Labute approximate surface area is 125 Å². The summed E-state index contributed by atoms with van der Waals surface area (Å²) in [6.07, 6.45) is 0. The highest BCUT2D eigenvalue weighted by atomic mass is 35.6. The van der Waals surface area contributed by atoms with Gasteiger partial charge >= 0.3 is 5.97 Å². The molecule has 92 valence electrons. The predicted molar refractivity (Wildman–Crippen MR) is 66.1 cm³/mol. The zero-order chi connectivity index (χ0) is 13.3. The first-order valence-corrected chi connectivity index (χ1v) is 5.85. The number of Topliss-reactive ketones (excluding diaryl/α,β-unsaturated/α-hetero) is 1. The first-order valence-electron chi connectivity index (χ1n) is 3.20. The Morgan fingerprint density at radius 3 is 1.56 bits per heavy atom. The second-order valence-electron chi connectivity index (χ2n) is 2.33. The van der Waals surface area contributed by atoms with Gasteiger partial charge in [0.05, 0.1) is 5.03 Å². The molecule has 0 aromatic carbocycles. The summed E-state index contributed by atoms with van der Waals surface area (Å²) in [5.41, 5.74) is 0. The lowest BCUT2D eigenvalue weighted by Crippen LogP contribution is -2.29. The fourth-order valence-electron chi connectivity index (χ4n) is 0.456. The molecule has 0 amide bonds. The van der Waals surface area contributed by atoms with Gasteiger partial charge in [0.15, 0.2) is 0 Å². The van der Waals surface area contributed by atoms with Crippen LogP contribution in [0.4, 0.5) is 0 Å². The Kier molecular flexibility index (Phi) is 6.02. The quantitative estimate of drug-likeness (QED) is 0.607. The van der Waals surface area contributed by atoms with Crippen molar-refractivity contribution in [2.75, 3.05) is 0 Å². The highest BCUT2D eigenvalue weighted by Gasteiger charge is 2.43. The van der Waals surface area contributed by atoms with Gasteiger partial charge in [-0.2, -0.15) is 0 Å². The lowest BCUT2D eigenvalue weighted by atomic mass is 10.3. The Hall–Kier alpha value is 0.910. The molecule has 0 aliphatic heterocycles. The molecule has 0 atom stereocenters. The van der Waals surface area contributed by atoms with Crippen molar-refractivity contribution in [2.45, 2.75) is 8.13 Å². The molecule has 0 aliphatic carbocycles. The highest BCUT2D eigenvalue weighted by molar-refractivity contribution is 6.80. The summed E-state index contributed by atoms with van der Waals surface area (Å²) in [6.45, 7) is 0. The van der Waals surface area contributed by atoms with Crippen LogP contribution in [0.2, 0.25) is 0 Å². The molecule has 10 heteroatoms. The maximum Gasteiger partial charge on any atom is 0.345 e. The summed E-state index contributed by atoms with van der Waals surface area (Å²) in [6, 6.07) is 0. The van der Waals surface area contributed by atoms with Gasteiger partial charge in [-0.1, -0.05) is 81.2 Å². The second kappa shape index (κ2) is 5.70. The topological polar surface area (TPSA) is 54.4 Å². The average molecular weight is 369 g/mol. The van der Waals surface area contributed by atoms with E-state index in [4.69, 9.17) is 86.3 Å². The zero-order valence-electron chi connectivity index (χ0n) is 6.91. The lowest BCUT2D eigenvalue weighted by Gasteiger charge is -2.16. The van der Waals surface area contributed by atoms with Gasteiger partial charge in [0.25, 0.3) is 8.13 Å². The minimum atomic E-state index is -2.59. The third kappa shape index (κ3) is 3.98. The molecule has 0 heterocycles. The molecule has 3 nitrogen and oxygen atoms in total. The van der Waals surface area contributed by atoms with Crippen molar-refractivity contribution in [1.82, 2.24) is 0 Å². The molecule has 0 rings (SSSR count). The Bertz CT molecular complexity index is 354. The Morgan fingerprint density at radius 2 is 1.31 bits per heavy atom. The number of aliphatic carboxylic acids is 1. The summed E-state index contributed by atoms with van der Waals surface area (Å²) in [5.74, 6) is -2.97. The molecule has 0 fully saturated rings. The number of ketones is 1. The number of hydrogen-bond donors (Lipinski definition) is 1. The molecule has 16 heavy (non-hydrogen) atoms.